The van der Waals surface area contributed by atoms with Crippen LogP contribution in [-0.2, 0) is 25.6 Å². The maximum Gasteiger partial charge on any atom is 0.427 e. The van der Waals surface area contributed by atoms with Gasteiger partial charge in [-0.25, -0.2) is 15.0 Å². The molecule has 0 bridgehead atoms. The average Bonchev–Trinajstić information content (AvgIpc) is 2.96. The maximum absolute atomic E-state index is 12.6. The summed E-state index contributed by atoms with van der Waals surface area (Å²) < 4.78 is 37.9. The van der Waals surface area contributed by atoms with E-state index < -0.39 is 11.1 Å². The van der Waals surface area contributed by atoms with Gasteiger partial charge in [0.15, 0.2) is 5.13 Å². The summed E-state index contributed by atoms with van der Waals surface area (Å²) in [7, 11) is 0. The third kappa shape index (κ3) is 2.85. The van der Waals surface area contributed by atoms with E-state index in [9.17, 15) is 13.2 Å². The third-order valence-electron chi connectivity index (χ3n) is 3.36. The Labute approximate surface area is 123 Å². The Morgan fingerprint density at radius 3 is 2.76 bits per heavy atom. The van der Waals surface area contributed by atoms with Crippen LogP contribution in [0.3, 0.4) is 0 Å². The highest BCUT2D eigenvalue weighted by atomic mass is 32.1. The van der Waals surface area contributed by atoms with Gasteiger partial charge in [-0.15, -0.1) is 0 Å². The van der Waals surface area contributed by atoms with Crippen molar-refractivity contribution in [2.45, 2.75) is 32.5 Å². The molecule has 3 rings (SSSR count). The quantitative estimate of drug-likeness (QED) is 0.854. The normalized spacial score (nSPS) is 15.1. The zero-order chi connectivity index (χ0) is 15.0. The van der Waals surface area contributed by atoms with E-state index in [1.165, 1.54) is 0 Å². The van der Waals surface area contributed by atoms with Crippen LogP contribution in [0.1, 0.15) is 28.9 Å². The van der Waals surface area contributed by atoms with Gasteiger partial charge in [-0.2, -0.15) is 13.2 Å². The molecule has 4 nitrogen and oxygen atoms in total. The van der Waals surface area contributed by atoms with Crippen LogP contribution < -0.4 is 4.90 Å². The second kappa shape index (κ2) is 5.25. The summed E-state index contributed by atoms with van der Waals surface area (Å²) in [6.07, 6.45) is -0.154. The summed E-state index contributed by atoms with van der Waals surface area (Å²) in [5, 5.41) is 0.393. The van der Waals surface area contributed by atoms with Gasteiger partial charge in [-0.1, -0.05) is 18.3 Å². The fraction of sp³-hybridized carbons (Fsp3) is 0.462. The highest BCUT2D eigenvalue weighted by molar-refractivity contribution is 7.15. The van der Waals surface area contributed by atoms with Crippen LogP contribution in [0.2, 0.25) is 0 Å². The third-order valence-corrected chi connectivity index (χ3v) is 4.46. The molecule has 0 fully saturated rings. The molecule has 0 aliphatic carbocycles. The smallest absolute Gasteiger partial charge is 0.342 e. The first-order valence-electron chi connectivity index (χ1n) is 6.59. The summed E-state index contributed by atoms with van der Waals surface area (Å²) in [4.78, 5) is 13.8. The number of halogens is 3. The molecule has 1 aliphatic heterocycles. The van der Waals surface area contributed by atoms with Crippen LogP contribution >= 0.6 is 11.3 Å². The van der Waals surface area contributed by atoms with E-state index >= 15 is 0 Å². The molecule has 2 aromatic rings. The molecule has 3 heterocycles. The molecule has 0 saturated heterocycles. The first-order chi connectivity index (χ1) is 9.97. The molecule has 0 amide bonds. The van der Waals surface area contributed by atoms with Crippen molar-refractivity contribution in [3.63, 3.8) is 0 Å². The number of nitrogens with zero attached hydrogens (tertiary/aromatic N) is 4. The van der Waals surface area contributed by atoms with E-state index in [4.69, 9.17) is 0 Å². The Balaban J connectivity index is 1.84. The highest BCUT2D eigenvalue weighted by Crippen LogP contribution is 2.37. The Morgan fingerprint density at radius 2 is 2.10 bits per heavy atom. The highest BCUT2D eigenvalue weighted by Gasteiger charge is 2.34. The molecule has 0 saturated carbocycles. The van der Waals surface area contributed by atoms with Gasteiger partial charge in [-0.3, -0.25) is 0 Å². The first-order valence-corrected chi connectivity index (χ1v) is 7.40. The number of rotatable bonds is 2. The van der Waals surface area contributed by atoms with Gasteiger partial charge in [0.1, 0.15) is 10.7 Å². The predicted octanol–water partition coefficient (Wildman–Crippen LogP) is 3.08. The lowest BCUT2D eigenvalue weighted by molar-refractivity contribution is -0.134. The molecule has 1 aliphatic rings. The zero-order valence-electron chi connectivity index (χ0n) is 11.3. The van der Waals surface area contributed by atoms with Gasteiger partial charge in [-0.05, 0) is 12.0 Å². The Bertz CT molecular complexity index is 653. The lowest BCUT2D eigenvalue weighted by atomic mass is 10.1. The number of aromatic nitrogens is 3. The molecule has 0 atom stereocenters. The monoisotopic (exact) mass is 314 g/mol. The van der Waals surface area contributed by atoms with Crippen molar-refractivity contribution < 1.29 is 13.2 Å². The maximum atomic E-state index is 12.6. The minimum absolute atomic E-state index is 0.393. The van der Waals surface area contributed by atoms with Gasteiger partial charge in [0, 0.05) is 19.2 Å². The summed E-state index contributed by atoms with van der Waals surface area (Å²) in [6.45, 7) is 3.08. The molecule has 8 heteroatoms. The van der Waals surface area contributed by atoms with Gasteiger partial charge in [0.25, 0.3) is 0 Å². The predicted molar refractivity (Wildman–Crippen MR) is 73.3 cm³/mol. The molecular weight excluding hydrogens is 301 g/mol. The van der Waals surface area contributed by atoms with Crippen molar-refractivity contribution in [2.75, 3.05) is 11.4 Å². The first kappa shape index (κ1) is 14.2. The second-order valence-electron chi connectivity index (χ2n) is 4.79. The van der Waals surface area contributed by atoms with Crippen LogP contribution in [0.25, 0.3) is 0 Å². The van der Waals surface area contributed by atoms with Gasteiger partial charge in [0.2, 0.25) is 0 Å². The fourth-order valence-corrected chi connectivity index (χ4v) is 3.03. The van der Waals surface area contributed by atoms with Crippen molar-refractivity contribution in [3.05, 3.63) is 34.4 Å². The molecule has 0 aromatic carbocycles. The van der Waals surface area contributed by atoms with E-state index in [1.807, 2.05) is 18.0 Å². The Morgan fingerprint density at radius 1 is 1.29 bits per heavy atom. The number of thiazole rings is 1. The van der Waals surface area contributed by atoms with Crippen LogP contribution in [0.5, 0.6) is 0 Å². The van der Waals surface area contributed by atoms with Gasteiger partial charge < -0.3 is 4.90 Å². The molecule has 21 heavy (non-hydrogen) atoms. The zero-order valence-corrected chi connectivity index (χ0v) is 12.1. The lowest BCUT2D eigenvalue weighted by Crippen LogP contribution is -2.31. The molecule has 0 unspecified atom stereocenters. The Kier molecular flexibility index (Phi) is 3.56. The molecule has 0 N–H and O–H groups in total. The van der Waals surface area contributed by atoms with Crippen LogP contribution in [-0.4, -0.2) is 21.5 Å². The fourth-order valence-electron chi connectivity index (χ4n) is 2.22. The van der Waals surface area contributed by atoms with Crippen LogP contribution in [0, 0.1) is 0 Å². The number of aryl methyl sites for hydroxylation is 1. The van der Waals surface area contributed by atoms with Crippen LogP contribution in [0.15, 0.2) is 12.4 Å². The van der Waals surface area contributed by atoms with Crippen LogP contribution in [0.4, 0.5) is 18.3 Å². The van der Waals surface area contributed by atoms with Crippen molar-refractivity contribution >= 4 is 16.5 Å². The number of alkyl halides is 3. The summed E-state index contributed by atoms with van der Waals surface area (Å²) in [5.74, 6) is 0.755. The molecule has 2 aromatic heterocycles. The van der Waals surface area contributed by atoms with E-state index in [0.717, 1.165) is 36.1 Å². The van der Waals surface area contributed by atoms with E-state index in [-0.39, 0.29) is 0 Å². The largest absolute Gasteiger partial charge is 0.427 e. The molecule has 112 valence electrons. The molecule has 0 spiro atoms. The Hall–Kier alpha value is -1.70. The van der Waals surface area contributed by atoms with Crippen molar-refractivity contribution in [1.82, 2.24) is 15.0 Å². The lowest BCUT2D eigenvalue weighted by Gasteiger charge is -2.27. The van der Waals surface area contributed by atoms with Gasteiger partial charge >= 0.3 is 6.18 Å². The minimum Gasteiger partial charge on any atom is -0.342 e. The second-order valence-corrected chi connectivity index (χ2v) is 5.80. The average molecular weight is 314 g/mol. The van der Waals surface area contributed by atoms with E-state index in [0.29, 0.717) is 29.6 Å². The minimum atomic E-state index is -4.33. The SMILES string of the molecule is CCc1ncc2c(n1)CN(c1ncc(C(F)(F)F)s1)CC2. The van der Waals surface area contributed by atoms with E-state index in [2.05, 4.69) is 15.0 Å². The number of hydrogen-bond donors (Lipinski definition) is 0. The topological polar surface area (TPSA) is 41.9 Å². The standard InChI is InChI=1S/C13H13F3N4S/c1-2-11-17-5-8-3-4-20(7-9(8)19-11)12-18-6-10(21-12)13(14,15)16/h5-6H,2-4,7H2,1H3. The van der Waals surface area contributed by atoms with Crippen molar-refractivity contribution in [3.8, 4) is 0 Å². The van der Waals surface area contributed by atoms with Gasteiger partial charge in [0.05, 0.1) is 18.4 Å². The number of hydrogen-bond acceptors (Lipinski definition) is 5. The summed E-state index contributed by atoms with van der Waals surface area (Å²) >= 11 is 0.677. The molecule has 0 radical (unpaired) electrons. The number of fused-ring (bicyclic) bond motifs is 1. The van der Waals surface area contributed by atoms with Crippen molar-refractivity contribution in [1.29, 1.82) is 0 Å². The number of anilines is 1. The molecular formula is C13H13F3N4S. The van der Waals surface area contributed by atoms with E-state index in [1.54, 1.807) is 0 Å². The van der Waals surface area contributed by atoms with Crippen molar-refractivity contribution in [2.24, 2.45) is 0 Å². The summed E-state index contributed by atoms with van der Waals surface area (Å²) in [5.41, 5.74) is 1.95. The summed E-state index contributed by atoms with van der Waals surface area (Å²) in [6, 6.07) is 0.